The molecule has 7 heteroatoms. The van der Waals surface area contributed by atoms with Crippen LogP contribution in [0, 0.1) is 5.92 Å². The van der Waals surface area contributed by atoms with E-state index in [0.29, 0.717) is 30.2 Å². The first-order chi connectivity index (χ1) is 15.9. The monoisotopic (exact) mass is 465 g/mol. The molecule has 172 valence electrons. The lowest BCUT2D eigenvalue weighted by Gasteiger charge is -2.20. The highest BCUT2D eigenvalue weighted by molar-refractivity contribution is 6.30. The zero-order chi connectivity index (χ0) is 23.6. The van der Waals surface area contributed by atoms with Crippen LogP contribution in [0.2, 0.25) is 5.02 Å². The first-order valence-electron chi connectivity index (χ1n) is 10.9. The van der Waals surface area contributed by atoms with Crippen LogP contribution in [0.3, 0.4) is 0 Å². The molecule has 3 aromatic rings. The van der Waals surface area contributed by atoms with Crippen LogP contribution in [0.4, 0.5) is 0 Å². The van der Waals surface area contributed by atoms with Gasteiger partial charge >= 0.3 is 0 Å². The molecule has 6 nitrogen and oxygen atoms in total. The third-order valence-electron chi connectivity index (χ3n) is 4.94. The minimum Gasteiger partial charge on any atom is -0.487 e. The van der Waals surface area contributed by atoms with Gasteiger partial charge in [-0.05, 0) is 66.4 Å². The van der Waals surface area contributed by atoms with E-state index >= 15 is 0 Å². The van der Waals surface area contributed by atoms with Crippen molar-refractivity contribution in [3.8, 4) is 5.75 Å². The first-order valence-corrected chi connectivity index (χ1v) is 11.2. The Hall–Kier alpha value is -3.38. The van der Waals surface area contributed by atoms with Gasteiger partial charge in [0.1, 0.15) is 18.4 Å². The van der Waals surface area contributed by atoms with Gasteiger partial charge in [0.25, 0.3) is 5.91 Å². The summed E-state index contributed by atoms with van der Waals surface area (Å²) in [5.74, 6) is 0.439. The number of pyridine rings is 1. The van der Waals surface area contributed by atoms with Crippen molar-refractivity contribution >= 4 is 23.4 Å². The SMILES string of the molecule is CC(C)CC(NC(=O)c1ccc(Cl)cc1)C(=O)NCc1ccc(OCc2ccccn2)cc1. The summed E-state index contributed by atoms with van der Waals surface area (Å²) in [7, 11) is 0. The van der Waals surface area contributed by atoms with Crippen LogP contribution < -0.4 is 15.4 Å². The molecule has 0 spiro atoms. The fourth-order valence-corrected chi connectivity index (χ4v) is 3.33. The Kier molecular flexibility index (Phi) is 8.84. The van der Waals surface area contributed by atoms with Gasteiger partial charge in [-0.25, -0.2) is 0 Å². The molecule has 0 bridgehead atoms. The number of benzene rings is 2. The molecule has 1 aromatic heterocycles. The Labute approximate surface area is 199 Å². The van der Waals surface area contributed by atoms with Crippen LogP contribution in [-0.4, -0.2) is 22.8 Å². The molecule has 2 aromatic carbocycles. The van der Waals surface area contributed by atoms with Crippen molar-refractivity contribution in [2.75, 3.05) is 0 Å². The lowest BCUT2D eigenvalue weighted by Crippen LogP contribution is -2.47. The highest BCUT2D eigenvalue weighted by atomic mass is 35.5. The fraction of sp³-hybridized carbons (Fsp3) is 0.269. The number of aromatic nitrogens is 1. The van der Waals surface area contributed by atoms with Crippen molar-refractivity contribution in [2.24, 2.45) is 5.92 Å². The predicted octanol–water partition coefficient (Wildman–Crippen LogP) is 4.77. The zero-order valence-electron chi connectivity index (χ0n) is 18.8. The van der Waals surface area contributed by atoms with E-state index in [4.69, 9.17) is 16.3 Å². The van der Waals surface area contributed by atoms with Gasteiger partial charge in [-0.15, -0.1) is 0 Å². The maximum Gasteiger partial charge on any atom is 0.251 e. The second kappa shape index (κ2) is 12.0. The van der Waals surface area contributed by atoms with Gasteiger partial charge in [-0.3, -0.25) is 14.6 Å². The highest BCUT2D eigenvalue weighted by Crippen LogP contribution is 2.14. The van der Waals surface area contributed by atoms with Crippen LogP contribution in [0.1, 0.15) is 41.9 Å². The summed E-state index contributed by atoms with van der Waals surface area (Å²) in [4.78, 5) is 29.6. The molecule has 1 unspecified atom stereocenters. The summed E-state index contributed by atoms with van der Waals surface area (Å²) in [6.07, 6.45) is 2.26. The van der Waals surface area contributed by atoms with Gasteiger partial charge in [-0.2, -0.15) is 0 Å². The minimum atomic E-state index is -0.630. The molecule has 3 rings (SSSR count). The molecule has 0 radical (unpaired) electrons. The maximum absolute atomic E-state index is 12.8. The van der Waals surface area contributed by atoms with Crippen molar-refractivity contribution in [3.05, 3.63) is 94.8 Å². The number of nitrogens with zero attached hydrogens (tertiary/aromatic N) is 1. The van der Waals surface area contributed by atoms with Gasteiger partial charge in [0.15, 0.2) is 0 Å². The summed E-state index contributed by atoms with van der Waals surface area (Å²) < 4.78 is 5.74. The van der Waals surface area contributed by atoms with Crippen molar-refractivity contribution in [1.82, 2.24) is 15.6 Å². The van der Waals surface area contributed by atoms with Crippen LogP contribution in [0.5, 0.6) is 5.75 Å². The Morgan fingerprint density at radius 3 is 2.36 bits per heavy atom. The van der Waals surface area contributed by atoms with E-state index < -0.39 is 6.04 Å². The van der Waals surface area contributed by atoms with Crippen LogP contribution in [-0.2, 0) is 17.9 Å². The number of carbonyl (C=O) groups is 2. The fourth-order valence-electron chi connectivity index (χ4n) is 3.20. The molecular formula is C26H28ClN3O3. The highest BCUT2D eigenvalue weighted by Gasteiger charge is 2.22. The molecule has 1 atom stereocenters. The average Bonchev–Trinajstić information content (AvgIpc) is 2.82. The Morgan fingerprint density at radius 1 is 1.00 bits per heavy atom. The van der Waals surface area contributed by atoms with E-state index in [9.17, 15) is 9.59 Å². The molecule has 0 saturated heterocycles. The summed E-state index contributed by atoms with van der Waals surface area (Å²) in [5, 5.41) is 6.32. The van der Waals surface area contributed by atoms with Crippen LogP contribution >= 0.6 is 11.6 Å². The largest absolute Gasteiger partial charge is 0.487 e. The maximum atomic E-state index is 12.8. The summed E-state index contributed by atoms with van der Waals surface area (Å²) in [6, 6.07) is 19.2. The van der Waals surface area contributed by atoms with E-state index in [1.54, 1.807) is 30.5 Å². The molecule has 0 aliphatic carbocycles. The Balaban J connectivity index is 1.53. The number of nitrogens with one attached hydrogen (secondary N) is 2. The summed E-state index contributed by atoms with van der Waals surface area (Å²) in [5.41, 5.74) is 2.24. The number of amides is 2. The van der Waals surface area contributed by atoms with E-state index in [2.05, 4.69) is 15.6 Å². The third-order valence-corrected chi connectivity index (χ3v) is 5.19. The zero-order valence-corrected chi connectivity index (χ0v) is 19.5. The standard InChI is InChI=1S/C26H28ClN3O3/c1-18(2)15-24(30-25(31)20-8-10-21(27)11-9-20)26(32)29-16-19-6-12-23(13-7-19)33-17-22-5-3-4-14-28-22/h3-14,18,24H,15-17H2,1-2H3,(H,29,32)(H,30,31). The van der Waals surface area contributed by atoms with Gasteiger partial charge in [0, 0.05) is 23.3 Å². The summed E-state index contributed by atoms with van der Waals surface area (Å²) >= 11 is 5.89. The molecule has 0 aliphatic heterocycles. The third kappa shape index (κ3) is 7.91. The molecular weight excluding hydrogens is 438 g/mol. The number of halogens is 1. The molecule has 2 amide bonds. The van der Waals surface area contributed by atoms with Crippen LogP contribution in [0.25, 0.3) is 0 Å². The van der Waals surface area contributed by atoms with Gasteiger partial charge in [-0.1, -0.05) is 43.6 Å². The molecule has 0 fully saturated rings. The Morgan fingerprint density at radius 2 is 1.73 bits per heavy atom. The van der Waals surface area contributed by atoms with Gasteiger partial charge < -0.3 is 15.4 Å². The number of carbonyl (C=O) groups excluding carboxylic acids is 2. The second-order valence-corrected chi connectivity index (χ2v) is 8.57. The molecule has 2 N–H and O–H groups in total. The number of hydrogen-bond donors (Lipinski definition) is 2. The minimum absolute atomic E-state index is 0.221. The number of hydrogen-bond acceptors (Lipinski definition) is 4. The lowest BCUT2D eigenvalue weighted by molar-refractivity contribution is -0.123. The first kappa shape index (κ1) is 24.3. The van der Waals surface area contributed by atoms with E-state index in [1.165, 1.54) is 0 Å². The van der Waals surface area contributed by atoms with E-state index in [0.717, 1.165) is 17.0 Å². The number of rotatable bonds is 10. The lowest BCUT2D eigenvalue weighted by atomic mass is 10.0. The van der Waals surface area contributed by atoms with Crippen molar-refractivity contribution in [1.29, 1.82) is 0 Å². The van der Waals surface area contributed by atoms with Crippen molar-refractivity contribution in [2.45, 2.75) is 39.5 Å². The number of ether oxygens (including phenoxy) is 1. The van der Waals surface area contributed by atoms with Gasteiger partial charge in [0.05, 0.1) is 5.69 Å². The average molecular weight is 466 g/mol. The summed E-state index contributed by atoms with van der Waals surface area (Å²) in [6.45, 7) is 4.77. The molecule has 33 heavy (non-hydrogen) atoms. The van der Waals surface area contributed by atoms with E-state index in [1.807, 2.05) is 56.3 Å². The smallest absolute Gasteiger partial charge is 0.251 e. The predicted molar refractivity (Wildman–Crippen MR) is 129 cm³/mol. The van der Waals surface area contributed by atoms with E-state index in [-0.39, 0.29) is 17.7 Å². The van der Waals surface area contributed by atoms with Crippen molar-refractivity contribution < 1.29 is 14.3 Å². The Bertz CT molecular complexity index is 1040. The topological polar surface area (TPSA) is 80.3 Å². The normalized spacial score (nSPS) is 11.6. The molecule has 0 saturated carbocycles. The quantitative estimate of drug-likeness (QED) is 0.451. The van der Waals surface area contributed by atoms with Crippen molar-refractivity contribution in [3.63, 3.8) is 0 Å². The molecule has 1 heterocycles. The van der Waals surface area contributed by atoms with Gasteiger partial charge in [0.2, 0.25) is 5.91 Å². The van der Waals surface area contributed by atoms with Crippen LogP contribution in [0.15, 0.2) is 72.9 Å². The second-order valence-electron chi connectivity index (χ2n) is 8.13. The molecule has 0 aliphatic rings.